The Morgan fingerprint density at radius 1 is 0.729 bits per heavy atom. The summed E-state index contributed by atoms with van der Waals surface area (Å²) in [5.74, 6) is -3.36. The van der Waals surface area contributed by atoms with Gasteiger partial charge >= 0.3 is 25.0 Å². The van der Waals surface area contributed by atoms with Gasteiger partial charge in [0.1, 0.15) is 0 Å². The van der Waals surface area contributed by atoms with Crippen LogP contribution in [0.3, 0.4) is 0 Å². The number of likely N-dealkylation sites (N-methyl/N-ethyl adjacent to an activating group) is 1. The summed E-state index contributed by atoms with van der Waals surface area (Å²) in [5, 5.41) is 53.4. The molecule has 1 unspecified atom stereocenters. The molecule has 1 amide bonds. The number of hydrogen-bond acceptors (Lipinski definition) is 13. The summed E-state index contributed by atoms with van der Waals surface area (Å²) in [4.78, 5) is 68.8. The largest absolute Gasteiger partial charge is 0.488 e. The van der Waals surface area contributed by atoms with Crippen LogP contribution in [0.1, 0.15) is 17.2 Å². The molecule has 59 heavy (non-hydrogen) atoms. The van der Waals surface area contributed by atoms with E-state index in [1.165, 1.54) is 7.11 Å². The summed E-state index contributed by atoms with van der Waals surface area (Å²) >= 11 is 0. The van der Waals surface area contributed by atoms with Crippen LogP contribution >= 0.6 is 0 Å². The maximum Gasteiger partial charge on any atom is 0.488 e. The van der Waals surface area contributed by atoms with E-state index in [0.29, 0.717) is 11.0 Å². The molecule has 4 aromatic rings. The van der Waals surface area contributed by atoms with E-state index in [4.69, 9.17) is 4.84 Å². The van der Waals surface area contributed by atoms with Gasteiger partial charge in [-0.2, -0.15) is 5.06 Å². The number of carboxylic acid groups (broad SMARTS) is 3. The van der Waals surface area contributed by atoms with Crippen molar-refractivity contribution in [3.63, 3.8) is 0 Å². The number of nitrogens with zero attached hydrogens (tertiary/aromatic N) is 7. The van der Waals surface area contributed by atoms with Crippen LogP contribution in [-0.2, 0) is 30.6 Å². The Morgan fingerprint density at radius 2 is 1.24 bits per heavy atom. The number of aromatic nitrogens is 1. The SMILES string of the molecule is CON(Cc1ccccc1B(O)O)CC(c1ccc2ncc3ccccc3c2c1)N(C)C(=O)CN1CCN(CC(=O)O)CCN(CC(=O)O)CCN(CC(=O)O)CC1.[Eu]. The van der Waals surface area contributed by atoms with Crippen LogP contribution < -0.4 is 5.46 Å². The summed E-state index contributed by atoms with van der Waals surface area (Å²) in [6, 6.07) is 20.1. The first-order valence-electron chi connectivity index (χ1n) is 19.1. The Hall–Kier alpha value is -3.46. The van der Waals surface area contributed by atoms with Crippen LogP contribution in [0.2, 0.25) is 0 Å². The molecule has 19 heteroatoms. The van der Waals surface area contributed by atoms with Gasteiger partial charge in [-0.3, -0.25) is 43.8 Å². The molecule has 17 nitrogen and oxygen atoms in total. The van der Waals surface area contributed by atoms with Crippen LogP contribution in [0, 0.1) is 49.4 Å². The van der Waals surface area contributed by atoms with E-state index in [-0.39, 0.29) is 147 Å². The Balaban J connectivity index is 0.00000769. The predicted molar refractivity (Wildman–Crippen MR) is 217 cm³/mol. The van der Waals surface area contributed by atoms with E-state index in [0.717, 1.165) is 27.2 Å². The number of benzene rings is 3. The number of hydroxylamine groups is 2. The number of fused-ring (bicyclic) bond motifs is 3. The second-order valence-electron chi connectivity index (χ2n) is 14.5. The van der Waals surface area contributed by atoms with E-state index >= 15 is 0 Å². The summed E-state index contributed by atoms with van der Waals surface area (Å²) < 4.78 is 0. The maximum atomic E-state index is 14.5. The van der Waals surface area contributed by atoms with Gasteiger partial charge in [0.2, 0.25) is 5.91 Å². The smallest absolute Gasteiger partial charge is 0.480 e. The molecule has 0 bridgehead atoms. The van der Waals surface area contributed by atoms with Gasteiger partial charge < -0.3 is 35.1 Å². The maximum absolute atomic E-state index is 14.5. The molecule has 1 atom stereocenters. The van der Waals surface area contributed by atoms with Gasteiger partial charge in [0.25, 0.3) is 0 Å². The molecule has 0 saturated carbocycles. The average Bonchev–Trinajstić information content (AvgIpc) is 3.19. The number of carboxylic acids is 3. The standard InChI is InChI=1S/C40H52BN7O10.Eu/c1-43(37(49)25-44-13-15-45(26-38(50)51)17-19-47(28-40(54)55)20-18-46(16-14-44)27-39(52)53)36(24-48(58-2)23-31-8-4-6-10-34(31)41(56)57)29-11-12-35-33(21-29)32-9-5-3-7-30(32)22-42-35;/h3-12,21-22,36,56-57H,13-20,23-28H2,1-2H3,(H,50,51)(H,52,53)(H,54,55);. The molecule has 1 saturated heterocycles. The zero-order valence-electron chi connectivity index (χ0n) is 33.3. The molecule has 0 spiro atoms. The molecule has 1 aliphatic rings. The molecule has 1 radical (unpaired) electrons. The van der Waals surface area contributed by atoms with E-state index in [9.17, 15) is 44.5 Å². The van der Waals surface area contributed by atoms with E-state index in [2.05, 4.69) is 4.98 Å². The van der Waals surface area contributed by atoms with Crippen molar-refractivity contribution in [2.45, 2.75) is 12.6 Å². The molecule has 1 aromatic heterocycles. The topological polar surface area (TPSA) is 211 Å². The number of aliphatic carboxylic acids is 3. The third kappa shape index (κ3) is 14.3. The number of hydrogen-bond donors (Lipinski definition) is 5. The first-order valence-corrected chi connectivity index (χ1v) is 19.1. The van der Waals surface area contributed by atoms with Crippen molar-refractivity contribution in [3.8, 4) is 0 Å². The van der Waals surface area contributed by atoms with Crippen molar-refractivity contribution in [3.05, 3.63) is 84.1 Å². The van der Waals surface area contributed by atoms with Crippen LogP contribution in [0.15, 0.2) is 72.9 Å². The molecular weight excluding hydrogens is 901 g/mol. The quantitative estimate of drug-likeness (QED) is 0.0574. The van der Waals surface area contributed by atoms with Crippen LogP contribution in [0.4, 0.5) is 0 Å². The fourth-order valence-corrected chi connectivity index (χ4v) is 7.31. The minimum absolute atomic E-state index is 0. The van der Waals surface area contributed by atoms with Crippen molar-refractivity contribution >= 4 is 58.1 Å². The van der Waals surface area contributed by atoms with Gasteiger partial charge in [-0.25, -0.2) is 0 Å². The van der Waals surface area contributed by atoms with E-state index in [1.54, 1.807) is 56.0 Å². The van der Waals surface area contributed by atoms with Gasteiger partial charge in [0, 0.05) is 139 Å². The fraction of sp³-hybridized carbons (Fsp3) is 0.425. The first-order chi connectivity index (χ1) is 27.8. The van der Waals surface area contributed by atoms with Gasteiger partial charge in [-0.1, -0.05) is 54.6 Å². The zero-order chi connectivity index (χ0) is 41.8. The van der Waals surface area contributed by atoms with Gasteiger partial charge in [0.15, 0.2) is 0 Å². The normalized spacial score (nSPS) is 15.9. The van der Waals surface area contributed by atoms with E-state index in [1.807, 2.05) is 53.6 Å². The molecule has 1 fully saturated rings. The van der Waals surface area contributed by atoms with Gasteiger partial charge in [0.05, 0.1) is 44.8 Å². The second kappa shape index (κ2) is 23.5. The minimum Gasteiger partial charge on any atom is -0.480 e. The predicted octanol–water partition coefficient (Wildman–Crippen LogP) is 0.106. The molecule has 2 heterocycles. The third-order valence-corrected chi connectivity index (χ3v) is 10.5. The Labute approximate surface area is 384 Å². The van der Waals surface area contributed by atoms with E-state index < -0.39 is 31.1 Å². The number of pyridine rings is 1. The molecule has 5 N–H and O–H groups in total. The molecule has 1 aliphatic heterocycles. The first kappa shape index (κ1) is 48.2. The summed E-state index contributed by atoms with van der Waals surface area (Å²) in [6.07, 6.45) is 1.82. The molecule has 5 rings (SSSR count). The summed E-state index contributed by atoms with van der Waals surface area (Å²) in [5.41, 5.74) is 2.54. The average molecular weight is 954 g/mol. The Morgan fingerprint density at radius 3 is 1.76 bits per heavy atom. The Kier molecular flexibility index (Phi) is 19.2. The van der Waals surface area contributed by atoms with Crippen molar-refractivity contribution in [1.29, 1.82) is 0 Å². The van der Waals surface area contributed by atoms with Crippen molar-refractivity contribution < 1.29 is 98.8 Å². The number of carbonyl (C=O) groups is 4. The Bertz CT molecular complexity index is 2020. The van der Waals surface area contributed by atoms with Crippen molar-refractivity contribution in [2.75, 3.05) is 99.2 Å². The molecule has 0 aliphatic carbocycles. The van der Waals surface area contributed by atoms with Crippen molar-refractivity contribution in [2.24, 2.45) is 0 Å². The van der Waals surface area contributed by atoms with Crippen molar-refractivity contribution in [1.82, 2.24) is 34.5 Å². The second-order valence-corrected chi connectivity index (χ2v) is 14.5. The van der Waals surface area contributed by atoms with Crippen LogP contribution in [0.5, 0.6) is 0 Å². The monoisotopic (exact) mass is 954 g/mol. The molecular formula is C40H52BEuN7O10. The van der Waals surface area contributed by atoms with Crippen LogP contribution in [0.25, 0.3) is 21.7 Å². The summed E-state index contributed by atoms with van der Waals surface area (Å²) in [6.45, 7) is 1.64. The molecule has 317 valence electrons. The van der Waals surface area contributed by atoms with Gasteiger partial charge in [-0.15, -0.1) is 0 Å². The minimum atomic E-state index is -1.70. The van der Waals surface area contributed by atoms with Gasteiger partial charge in [-0.05, 0) is 34.1 Å². The summed E-state index contributed by atoms with van der Waals surface area (Å²) in [7, 11) is 1.52. The van der Waals surface area contributed by atoms with Crippen LogP contribution in [-0.4, -0.2) is 190 Å². The fourth-order valence-electron chi connectivity index (χ4n) is 7.31. The molecule has 3 aromatic carbocycles. The zero-order valence-corrected chi connectivity index (χ0v) is 35.7. The number of rotatable bonds is 16. The number of carbonyl (C=O) groups excluding carboxylic acids is 1. The number of amides is 1. The third-order valence-electron chi connectivity index (χ3n) is 10.5.